The van der Waals surface area contributed by atoms with Crippen LogP contribution >= 0.6 is 0 Å². The van der Waals surface area contributed by atoms with Gasteiger partial charge < -0.3 is 74.7 Å². The van der Waals surface area contributed by atoms with Crippen molar-refractivity contribution in [2.75, 3.05) is 39.4 Å². The number of rotatable bonds is 11. The second-order valence-electron chi connectivity index (χ2n) is 24.3. The molecule has 3 aliphatic heterocycles. The molecule has 0 aromatic heterocycles. The SMILES string of the molecule is CC1(C)CC[C@]2(C(=O)O[C@@H]3O[C@H](CO)[C@H](O)[C@H](O)[C@H]3O)CC[C@]3(C)C(=CC[C@@H]4[C@@]5(C)CC[C@H](OC(=O)CCC(=O)N6CCN(/[N+]([O-])=N/O[C@@H]7O[C@H](CO)[C@H](O)[C@H](O)[C@H]7O)CC6)C(C)(C)[C@@H]5CC[C@]43C)[C@@H]2C1. The van der Waals surface area contributed by atoms with Crippen molar-refractivity contribution in [3.8, 4) is 0 Å². The predicted molar refractivity (Wildman–Crippen MR) is 247 cm³/mol. The molecule has 0 aromatic carbocycles. The van der Waals surface area contributed by atoms with Crippen LogP contribution in [-0.4, -0.2) is 180 Å². The van der Waals surface area contributed by atoms with Gasteiger partial charge in [0.25, 0.3) is 6.29 Å². The number of hydrogen-bond donors (Lipinski definition) is 8. The summed E-state index contributed by atoms with van der Waals surface area (Å²) in [5.41, 5.74) is -0.373. The van der Waals surface area contributed by atoms with Crippen LogP contribution in [0.25, 0.3) is 0 Å². The van der Waals surface area contributed by atoms with Crippen molar-refractivity contribution >= 4 is 17.8 Å². The molecule has 8 N–H and O–H groups in total. The minimum absolute atomic E-state index is 0.0403. The number of carbonyl (C=O) groups excluding carboxylic acids is 3. The van der Waals surface area contributed by atoms with Crippen molar-refractivity contribution in [1.29, 1.82) is 0 Å². The zero-order valence-corrected chi connectivity index (χ0v) is 42.4. The van der Waals surface area contributed by atoms with Crippen LogP contribution in [0.4, 0.5) is 0 Å². The normalized spacial score (nSPS) is 45.2. The quantitative estimate of drug-likeness (QED) is 0.0479. The standard InChI is InChI=1S/C50H80N4O17/c1-45(2)16-18-50(44(65)70-42-40(63)38(61)36(59)29(25-55)67-42)19-17-48(6)27(28(50)24-45)8-9-32-47(5)14-13-33(46(3,4)31(47)12-15-49(32,48)7)69-35(58)11-10-34(57)52-20-22-53(23-21-52)54(66)51-71-43-41(64)39(62)37(60)30(26-56)68-43/h8,28-33,36-43,55-56,59-64H,9-26H2,1-7H3/b54-51-/t28-,29+,30+,31-,32+,33-,36-,37-,38-,39-,40+,41+,42-,43-,47-,48+,49+,50-/m0/s1. The molecule has 8 aliphatic rings. The summed E-state index contributed by atoms with van der Waals surface area (Å²) in [6.07, 6.45) is -5.72. The first kappa shape index (κ1) is 54.0. The fourth-order valence-electron chi connectivity index (χ4n) is 15.2. The maximum atomic E-state index is 14.6. The number of aliphatic hydroxyl groups is 8. The highest BCUT2D eigenvalue weighted by Crippen LogP contribution is 2.76. The Morgan fingerprint density at radius 1 is 0.732 bits per heavy atom. The summed E-state index contributed by atoms with van der Waals surface area (Å²) in [4.78, 5) is 48.2. The van der Waals surface area contributed by atoms with E-state index in [0.717, 1.165) is 44.9 Å². The molecule has 0 aromatic rings. The number of hydrazine groups is 1. The third-order valence-electron chi connectivity index (χ3n) is 19.8. The van der Waals surface area contributed by atoms with Crippen LogP contribution < -0.4 is 0 Å². The summed E-state index contributed by atoms with van der Waals surface area (Å²) in [7, 11) is 0. The maximum absolute atomic E-state index is 14.6. The number of aliphatic hydroxyl groups excluding tert-OH is 8. The van der Waals surface area contributed by atoms with E-state index in [4.69, 9.17) is 23.8 Å². The van der Waals surface area contributed by atoms with Crippen LogP contribution in [0.3, 0.4) is 0 Å². The van der Waals surface area contributed by atoms with Gasteiger partial charge in [0.05, 0.1) is 43.1 Å². The van der Waals surface area contributed by atoms with Crippen molar-refractivity contribution in [2.45, 2.75) is 193 Å². The number of piperazine rings is 1. The lowest BCUT2D eigenvalue weighted by molar-refractivity contribution is -0.715. The topological polar surface area (TPSA) is 304 Å². The van der Waals surface area contributed by atoms with Gasteiger partial charge in [-0.2, -0.15) is 0 Å². The van der Waals surface area contributed by atoms with Crippen molar-refractivity contribution in [2.24, 2.45) is 55.5 Å². The number of ether oxygens (including phenoxy) is 4. The minimum atomic E-state index is -1.73. The highest BCUT2D eigenvalue weighted by molar-refractivity contribution is 5.81. The van der Waals surface area contributed by atoms with Crippen LogP contribution in [0.5, 0.6) is 0 Å². The molecule has 0 radical (unpaired) electrons. The summed E-state index contributed by atoms with van der Waals surface area (Å²) in [5.74, 6) is -0.712. The second-order valence-corrected chi connectivity index (χ2v) is 24.3. The molecule has 8 rings (SSSR count). The van der Waals surface area contributed by atoms with E-state index in [1.54, 1.807) is 4.90 Å². The van der Waals surface area contributed by atoms with Crippen molar-refractivity contribution in [3.63, 3.8) is 0 Å². The molecule has 4 saturated carbocycles. The first-order chi connectivity index (χ1) is 33.3. The lowest BCUT2D eigenvalue weighted by Crippen LogP contribution is -2.65. The summed E-state index contributed by atoms with van der Waals surface area (Å²) < 4.78 is 23.1. The Morgan fingerprint density at radius 2 is 1.34 bits per heavy atom. The van der Waals surface area contributed by atoms with E-state index in [0.29, 0.717) is 25.2 Å². The highest BCUT2D eigenvalue weighted by atomic mass is 16.8. The summed E-state index contributed by atoms with van der Waals surface area (Å²) in [6, 6.07) is 0. The molecule has 21 nitrogen and oxygen atoms in total. The summed E-state index contributed by atoms with van der Waals surface area (Å²) in [5, 5.41) is 98.3. The van der Waals surface area contributed by atoms with Crippen molar-refractivity contribution in [1.82, 2.24) is 9.91 Å². The Hall–Kier alpha value is -3.25. The van der Waals surface area contributed by atoms with Gasteiger partial charge in [0.2, 0.25) is 17.5 Å². The fraction of sp³-hybridized carbons (Fsp3) is 0.900. The van der Waals surface area contributed by atoms with E-state index in [9.17, 15) is 60.4 Å². The first-order valence-electron chi connectivity index (χ1n) is 25.9. The smallest absolute Gasteiger partial charge is 0.315 e. The third-order valence-corrected chi connectivity index (χ3v) is 19.8. The number of amides is 1. The van der Waals surface area contributed by atoms with E-state index >= 15 is 0 Å². The van der Waals surface area contributed by atoms with Gasteiger partial charge in [0.15, 0.2) is 0 Å². The van der Waals surface area contributed by atoms with Gasteiger partial charge in [0, 0.05) is 24.9 Å². The average molecular weight is 1010 g/mol. The molecule has 18 atom stereocenters. The van der Waals surface area contributed by atoms with Gasteiger partial charge in [-0.25, -0.2) is 0 Å². The average Bonchev–Trinajstić information content (AvgIpc) is 3.33. The van der Waals surface area contributed by atoms with Gasteiger partial charge in [0.1, 0.15) is 54.9 Å². The van der Waals surface area contributed by atoms with E-state index in [2.05, 4.69) is 59.8 Å². The van der Waals surface area contributed by atoms with Gasteiger partial charge in [-0.3, -0.25) is 14.4 Å². The molecule has 3 heterocycles. The van der Waals surface area contributed by atoms with Crippen LogP contribution in [0.2, 0.25) is 0 Å². The highest BCUT2D eigenvalue weighted by Gasteiger charge is 2.70. The van der Waals surface area contributed by atoms with Crippen LogP contribution in [0.15, 0.2) is 16.9 Å². The first-order valence-corrected chi connectivity index (χ1v) is 25.9. The Labute approximate surface area is 415 Å². The monoisotopic (exact) mass is 1010 g/mol. The Balaban J connectivity index is 0.879. The van der Waals surface area contributed by atoms with Gasteiger partial charge >= 0.3 is 11.9 Å². The molecule has 5 aliphatic carbocycles. The molecule has 0 unspecified atom stereocenters. The summed E-state index contributed by atoms with van der Waals surface area (Å²) >= 11 is 0. The van der Waals surface area contributed by atoms with E-state index in [1.165, 1.54) is 10.6 Å². The molecule has 0 spiro atoms. The molecule has 3 saturated heterocycles. The minimum Gasteiger partial charge on any atom is -0.569 e. The molecular formula is C50H80N4O17. The Bertz CT molecular complexity index is 2050. The number of nitrogens with zero attached hydrogens (tertiary/aromatic N) is 4. The maximum Gasteiger partial charge on any atom is 0.315 e. The van der Waals surface area contributed by atoms with Gasteiger partial charge in [-0.15, -0.1) is 5.01 Å². The molecule has 7 fully saturated rings. The molecular weight excluding hydrogens is 929 g/mol. The largest absolute Gasteiger partial charge is 0.569 e. The van der Waals surface area contributed by atoms with E-state index in [1.807, 2.05) is 0 Å². The van der Waals surface area contributed by atoms with E-state index < -0.39 is 92.0 Å². The number of carbonyl (C=O) groups is 3. The molecule has 71 heavy (non-hydrogen) atoms. The Kier molecular flexibility index (Phi) is 15.1. The van der Waals surface area contributed by atoms with Gasteiger partial charge in [-0.1, -0.05) is 60.1 Å². The summed E-state index contributed by atoms with van der Waals surface area (Å²) in [6.45, 7) is 15.5. The molecule has 1 amide bonds. The van der Waals surface area contributed by atoms with Crippen LogP contribution in [0, 0.1) is 55.5 Å². The lowest BCUT2D eigenvalue weighted by Gasteiger charge is -2.71. The molecule has 21 heteroatoms. The van der Waals surface area contributed by atoms with Gasteiger partial charge in [-0.05, 0) is 104 Å². The van der Waals surface area contributed by atoms with E-state index in [-0.39, 0.29) is 94.9 Å². The zero-order chi connectivity index (χ0) is 51.8. The lowest BCUT2D eigenvalue weighted by atomic mass is 9.33. The van der Waals surface area contributed by atoms with Crippen molar-refractivity contribution in [3.05, 3.63) is 16.9 Å². The number of fused-ring (bicyclic) bond motifs is 7. The van der Waals surface area contributed by atoms with Crippen LogP contribution in [-0.2, 0) is 38.2 Å². The molecule has 0 bridgehead atoms. The molecule has 402 valence electrons. The number of allylic oxidation sites excluding steroid dienone is 2. The van der Waals surface area contributed by atoms with Crippen molar-refractivity contribution < 1.29 is 84.0 Å². The van der Waals surface area contributed by atoms with Crippen LogP contribution in [0.1, 0.15) is 126 Å². The predicted octanol–water partition coefficient (Wildman–Crippen LogP) is 1.58. The number of hydrogen-bond acceptors (Lipinski definition) is 18. The Morgan fingerprint density at radius 3 is 1.97 bits per heavy atom. The zero-order valence-electron chi connectivity index (χ0n) is 42.4. The third kappa shape index (κ3) is 9.27. The fourth-order valence-corrected chi connectivity index (χ4v) is 15.2. The number of esters is 2. The second kappa shape index (κ2) is 19.8.